The lowest BCUT2D eigenvalue weighted by Gasteiger charge is -2.32. The molecular formula is C28H31Cl2N3O4S. The van der Waals surface area contributed by atoms with E-state index in [2.05, 4.69) is 5.32 Å². The van der Waals surface area contributed by atoms with E-state index < -0.39 is 28.5 Å². The molecule has 1 atom stereocenters. The third-order valence-corrected chi connectivity index (χ3v) is 8.53. The summed E-state index contributed by atoms with van der Waals surface area (Å²) in [7, 11) is -4.11. The topological polar surface area (TPSA) is 86.8 Å². The zero-order valence-corrected chi connectivity index (χ0v) is 23.9. The molecular weight excluding hydrogens is 545 g/mol. The maximum atomic E-state index is 13.9. The fraction of sp³-hybridized carbons (Fsp3) is 0.286. The van der Waals surface area contributed by atoms with Crippen molar-refractivity contribution in [1.29, 1.82) is 0 Å². The van der Waals surface area contributed by atoms with Crippen LogP contribution in [-0.4, -0.2) is 44.3 Å². The quantitative estimate of drug-likeness (QED) is 0.330. The van der Waals surface area contributed by atoms with Crippen LogP contribution in [0.25, 0.3) is 0 Å². The third-order valence-electron chi connectivity index (χ3n) is 6.04. The molecule has 0 heterocycles. The molecule has 0 aliphatic heterocycles. The van der Waals surface area contributed by atoms with Gasteiger partial charge in [-0.2, -0.15) is 0 Å². The fourth-order valence-corrected chi connectivity index (χ4v) is 5.74. The van der Waals surface area contributed by atoms with Crippen LogP contribution < -0.4 is 9.62 Å². The number of rotatable bonds is 11. The van der Waals surface area contributed by atoms with E-state index in [4.69, 9.17) is 23.2 Å². The van der Waals surface area contributed by atoms with E-state index in [1.807, 2.05) is 13.8 Å². The lowest BCUT2D eigenvalue weighted by atomic mass is 10.1. The molecule has 0 bridgehead atoms. The Bertz CT molecular complexity index is 1350. The van der Waals surface area contributed by atoms with Crippen molar-refractivity contribution in [3.8, 4) is 0 Å². The highest BCUT2D eigenvalue weighted by Gasteiger charge is 2.33. The maximum absolute atomic E-state index is 13.9. The second-order valence-electron chi connectivity index (χ2n) is 8.85. The number of benzene rings is 3. The van der Waals surface area contributed by atoms with Crippen LogP contribution in [0, 0.1) is 6.92 Å². The fourth-order valence-electron chi connectivity index (χ4n) is 3.79. The van der Waals surface area contributed by atoms with Crippen LogP contribution >= 0.6 is 23.2 Å². The second-order valence-corrected chi connectivity index (χ2v) is 11.5. The van der Waals surface area contributed by atoms with Gasteiger partial charge in [-0.3, -0.25) is 13.9 Å². The zero-order chi connectivity index (χ0) is 27.9. The summed E-state index contributed by atoms with van der Waals surface area (Å²) in [4.78, 5) is 28.1. The number of sulfonamides is 1. The van der Waals surface area contributed by atoms with Gasteiger partial charge in [0, 0.05) is 28.7 Å². The molecule has 38 heavy (non-hydrogen) atoms. The van der Waals surface area contributed by atoms with E-state index in [0.717, 1.165) is 16.3 Å². The summed E-state index contributed by atoms with van der Waals surface area (Å²) in [5, 5.41) is 3.47. The van der Waals surface area contributed by atoms with Crippen molar-refractivity contribution < 1.29 is 18.0 Å². The lowest BCUT2D eigenvalue weighted by molar-refractivity contribution is -0.139. The molecule has 0 aromatic heterocycles. The molecule has 0 saturated heterocycles. The summed E-state index contributed by atoms with van der Waals surface area (Å²) in [6, 6.07) is 18.8. The number of halogens is 2. The van der Waals surface area contributed by atoms with Crippen molar-refractivity contribution in [2.75, 3.05) is 17.4 Å². The van der Waals surface area contributed by atoms with Crippen molar-refractivity contribution >= 4 is 50.7 Å². The first-order valence-electron chi connectivity index (χ1n) is 12.2. The number of amides is 2. The van der Waals surface area contributed by atoms with Crippen LogP contribution in [0.2, 0.25) is 10.0 Å². The van der Waals surface area contributed by atoms with Crippen LogP contribution in [0.5, 0.6) is 0 Å². The molecule has 0 aliphatic rings. The predicted octanol–water partition coefficient (Wildman–Crippen LogP) is 5.44. The standard InChI is InChI=1S/C28H31Cl2N3O4S/c1-4-17-31-28(35)21(3)32(18-24-25(29)11-8-12-26(24)30)27(34)19-33(22-15-13-20(2)14-16-22)38(36,37)23-9-6-5-7-10-23/h5-16,21H,4,17-19H2,1-3H3,(H,31,35)/t21-/m1/s1. The van der Waals surface area contributed by atoms with Gasteiger partial charge in [-0.1, -0.05) is 72.1 Å². The van der Waals surface area contributed by atoms with Gasteiger partial charge in [-0.25, -0.2) is 8.42 Å². The first-order chi connectivity index (χ1) is 18.1. The Kier molecular flexibility index (Phi) is 10.2. The third kappa shape index (κ3) is 7.07. The molecule has 0 fully saturated rings. The number of nitrogens with zero attached hydrogens (tertiary/aromatic N) is 2. The average Bonchev–Trinajstić information content (AvgIpc) is 2.90. The minimum atomic E-state index is -4.11. The van der Waals surface area contributed by atoms with Crippen molar-refractivity contribution in [3.05, 3.63) is 94.0 Å². The summed E-state index contributed by atoms with van der Waals surface area (Å²) in [6.07, 6.45) is 0.721. The Hall–Kier alpha value is -3.07. The maximum Gasteiger partial charge on any atom is 0.264 e. The first-order valence-corrected chi connectivity index (χ1v) is 14.4. The molecule has 2 amide bonds. The largest absolute Gasteiger partial charge is 0.354 e. The van der Waals surface area contributed by atoms with Gasteiger partial charge in [0.2, 0.25) is 11.8 Å². The summed E-state index contributed by atoms with van der Waals surface area (Å²) in [6.45, 7) is 5.23. The summed E-state index contributed by atoms with van der Waals surface area (Å²) >= 11 is 12.8. The molecule has 0 spiro atoms. The van der Waals surface area contributed by atoms with E-state index in [9.17, 15) is 18.0 Å². The van der Waals surface area contributed by atoms with Crippen molar-refractivity contribution in [1.82, 2.24) is 10.2 Å². The Morgan fingerprint density at radius 2 is 1.53 bits per heavy atom. The van der Waals surface area contributed by atoms with Gasteiger partial charge < -0.3 is 10.2 Å². The Balaban J connectivity index is 2.04. The molecule has 3 aromatic rings. The van der Waals surface area contributed by atoms with Crippen LogP contribution in [-0.2, 0) is 26.2 Å². The van der Waals surface area contributed by atoms with Crippen LogP contribution in [0.15, 0.2) is 77.7 Å². The second kappa shape index (κ2) is 13.1. The van der Waals surface area contributed by atoms with Gasteiger partial charge in [-0.15, -0.1) is 0 Å². The molecule has 0 saturated carbocycles. The molecule has 0 unspecified atom stereocenters. The number of carbonyl (C=O) groups is 2. The lowest BCUT2D eigenvalue weighted by Crippen LogP contribution is -2.51. The number of carbonyl (C=O) groups excluding carboxylic acids is 2. The number of aryl methyl sites for hydroxylation is 1. The predicted molar refractivity (Wildman–Crippen MR) is 152 cm³/mol. The zero-order valence-electron chi connectivity index (χ0n) is 21.5. The molecule has 0 radical (unpaired) electrons. The van der Waals surface area contributed by atoms with Crippen LogP contribution in [0.4, 0.5) is 5.69 Å². The van der Waals surface area contributed by atoms with E-state index in [0.29, 0.717) is 27.8 Å². The van der Waals surface area contributed by atoms with Gasteiger partial charge in [-0.05, 0) is 56.7 Å². The SMILES string of the molecule is CCCNC(=O)[C@@H](C)N(Cc1c(Cl)cccc1Cl)C(=O)CN(c1ccc(C)cc1)S(=O)(=O)c1ccccc1. The monoisotopic (exact) mass is 575 g/mol. The summed E-state index contributed by atoms with van der Waals surface area (Å²) in [5.41, 5.74) is 1.73. The number of anilines is 1. The first kappa shape index (κ1) is 29.5. The smallest absolute Gasteiger partial charge is 0.264 e. The van der Waals surface area contributed by atoms with Gasteiger partial charge in [0.1, 0.15) is 12.6 Å². The Morgan fingerprint density at radius 3 is 2.11 bits per heavy atom. The van der Waals surface area contributed by atoms with Crippen molar-refractivity contribution in [2.24, 2.45) is 0 Å². The molecule has 3 rings (SSSR count). The van der Waals surface area contributed by atoms with Crippen molar-refractivity contribution in [2.45, 2.75) is 44.7 Å². The van der Waals surface area contributed by atoms with Crippen LogP contribution in [0.3, 0.4) is 0 Å². The van der Waals surface area contributed by atoms with E-state index in [-0.39, 0.29) is 17.3 Å². The molecule has 0 aliphatic carbocycles. The number of hydrogen-bond acceptors (Lipinski definition) is 4. The highest BCUT2D eigenvalue weighted by atomic mass is 35.5. The van der Waals surface area contributed by atoms with E-state index >= 15 is 0 Å². The van der Waals surface area contributed by atoms with Gasteiger partial charge in [0.05, 0.1) is 10.6 Å². The van der Waals surface area contributed by atoms with E-state index in [1.54, 1.807) is 67.6 Å². The van der Waals surface area contributed by atoms with Gasteiger partial charge in [0.25, 0.3) is 10.0 Å². The Labute approximate surface area is 234 Å². The average molecular weight is 577 g/mol. The minimum absolute atomic E-state index is 0.0443. The highest BCUT2D eigenvalue weighted by molar-refractivity contribution is 7.92. The number of nitrogens with one attached hydrogen (secondary N) is 1. The minimum Gasteiger partial charge on any atom is -0.354 e. The number of hydrogen-bond donors (Lipinski definition) is 1. The van der Waals surface area contributed by atoms with Crippen LogP contribution in [0.1, 0.15) is 31.4 Å². The molecule has 1 N–H and O–H groups in total. The highest BCUT2D eigenvalue weighted by Crippen LogP contribution is 2.28. The summed E-state index contributed by atoms with van der Waals surface area (Å²) in [5.74, 6) is -0.948. The molecule has 7 nitrogen and oxygen atoms in total. The van der Waals surface area contributed by atoms with Gasteiger partial charge in [0.15, 0.2) is 0 Å². The molecule has 202 valence electrons. The molecule has 3 aromatic carbocycles. The van der Waals surface area contributed by atoms with Gasteiger partial charge >= 0.3 is 0 Å². The Morgan fingerprint density at radius 1 is 0.921 bits per heavy atom. The van der Waals surface area contributed by atoms with Crippen molar-refractivity contribution in [3.63, 3.8) is 0 Å². The summed E-state index contributed by atoms with van der Waals surface area (Å²) < 4.78 is 28.5. The molecule has 10 heteroatoms. The normalized spacial score (nSPS) is 12.0. The van der Waals surface area contributed by atoms with E-state index in [1.165, 1.54) is 17.0 Å².